The van der Waals surface area contributed by atoms with Gasteiger partial charge in [-0.05, 0) is 65.1 Å². The quantitative estimate of drug-likeness (QED) is 0.512. The fourth-order valence-electron chi connectivity index (χ4n) is 4.06. The second-order valence-electron chi connectivity index (χ2n) is 9.55. The molecule has 2 N–H and O–H groups in total. The Morgan fingerprint density at radius 3 is 2.16 bits per heavy atom. The Labute approximate surface area is 188 Å². The maximum Gasteiger partial charge on any atom is 0.410 e. The third-order valence-electron chi connectivity index (χ3n) is 4.85. The number of carbonyl (C=O) groups excluding carboxylic acids is 1. The summed E-state index contributed by atoms with van der Waals surface area (Å²) in [7, 11) is 0. The van der Waals surface area contributed by atoms with Crippen LogP contribution in [-0.4, -0.2) is 38.1 Å². The van der Waals surface area contributed by atoms with Crippen molar-refractivity contribution in [2.24, 2.45) is 0 Å². The number of hydrogen-bond donors (Lipinski definition) is 2. The predicted molar refractivity (Wildman–Crippen MR) is 126 cm³/mol. The van der Waals surface area contributed by atoms with E-state index in [0.717, 1.165) is 10.8 Å². The Kier molecular flexibility index (Phi) is 6.12. The molecule has 2 aromatic carbocycles. The monoisotopic (exact) mass is 435 g/mol. The van der Waals surface area contributed by atoms with Crippen molar-refractivity contribution in [3.05, 3.63) is 60.3 Å². The summed E-state index contributed by atoms with van der Waals surface area (Å²) in [4.78, 5) is 30.4. The van der Waals surface area contributed by atoms with Crippen LogP contribution >= 0.6 is 0 Å². The van der Waals surface area contributed by atoms with E-state index >= 15 is 0 Å². The number of hydrogen-bond acceptors (Lipinski definition) is 4. The van der Waals surface area contributed by atoms with Gasteiger partial charge in [0.05, 0.1) is 0 Å². The van der Waals surface area contributed by atoms with Crippen LogP contribution in [0.1, 0.15) is 51.9 Å². The van der Waals surface area contributed by atoms with Crippen molar-refractivity contribution in [1.82, 2.24) is 9.88 Å². The molecule has 0 fully saturated rings. The van der Waals surface area contributed by atoms with Crippen LogP contribution in [0.25, 0.3) is 10.8 Å². The first-order chi connectivity index (χ1) is 14.9. The van der Waals surface area contributed by atoms with Crippen LogP contribution in [-0.2, 0) is 0 Å². The molecule has 0 radical (unpaired) electrons. The average molecular weight is 436 g/mol. The van der Waals surface area contributed by atoms with Gasteiger partial charge in [0.15, 0.2) is 0 Å². The van der Waals surface area contributed by atoms with Crippen LogP contribution < -0.4 is 10.1 Å². The van der Waals surface area contributed by atoms with Gasteiger partial charge in [0.1, 0.15) is 17.3 Å². The molecule has 0 spiro atoms. The number of pyridine rings is 1. The van der Waals surface area contributed by atoms with Crippen LogP contribution in [0.2, 0.25) is 0 Å². The highest BCUT2D eigenvalue weighted by molar-refractivity contribution is 6.09. The van der Waals surface area contributed by atoms with Gasteiger partial charge in [-0.3, -0.25) is 10.1 Å². The van der Waals surface area contributed by atoms with Crippen LogP contribution in [0.15, 0.2) is 54.7 Å². The molecule has 1 heterocycles. The number of aromatic nitrogens is 1. The summed E-state index contributed by atoms with van der Waals surface area (Å²) >= 11 is 0. The van der Waals surface area contributed by atoms with Crippen molar-refractivity contribution in [2.45, 2.75) is 52.6 Å². The highest BCUT2D eigenvalue weighted by Crippen LogP contribution is 2.35. The molecule has 2 amide bonds. The van der Waals surface area contributed by atoms with Crippen LogP contribution in [0.4, 0.5) is 10.6 Å². The third-order valence-corrected chi connectivity index (χ3v) is 4.85. The fourth-order valence-corrected chi connectivity index (χ4v) is 4.06. The van der Waals surface area contributed by atoms with E-state index in [1.54, 1.807) is 18.2 Å². The van der Waals surface area contributed by atoms with E-state index < -0.39 is 6.09 Å². The molecule has 168 valence electrons. The molecule has 7 heteroatoms. The predicted octanol–water partition coefficient (Wildman–Crippen LogP) is 6.16. The Morgan fingerprint density at radius 2 is 1.56 bits per heavy atom. The molecule has 0 saturated carbocycles. The smallest absolute Gasteiger partial charge is 0.410 e. The van der Waals surface area contributed by atoms with Crippen molar-refractivity contribution in [1.29, 1.82) is 0 Å². The SMILES string of the molecule is CC(C)(C)N(C(=O)c1ccc(Oc2ccnc(NC(=O)O)c2)c2ccccc12)C(C)(C)C. The number of fused-ring (bicyclic) bond motifs is 1. The van der Waals surface area contributed by atoms with Crippen LogP contribution in [0, 0.1) is 0 Å². The third kappa shape index (κ3) is 4.99. The summed E-state index contributed by atoms with van der Waals surface area (Å²) in [5.41, 5.74) is -0.132. The van der Waals surface area contributed by atoms with Crippen molar-refractivity contribution >= 4 is 28.6 Å². The number of anilines is 1. The number of benzene rings is 2. The number of rotatable bonds is 4. The van der Waals surface area contributed by atoms with Gasteiger partial charge < -0.3 is 14.7 Å². The maximum absolute atomic E-state index is 13.7. The van der Waals surface area contributed by atoms with E-state index in [1.165, 1.54) is 12.3 Å². The summed E-state index contributed by atoms with van der Waals surface area (Å²) in [6.45, 7) is 12.2. The van der Waals surface area contributed by atoms with Gasteiger partial charge in [-0.25, -0.2) is 9.78 Å². The zero-order chi connectivity index (χ0) is 23.7. The molecule has 1 aromatic heterocycles. The van der Waals surface area contributed by atoms with Crippen molar-refractivity contribution < 1.29 is 19.4 Å². The minimum atomic E-state index is -1.20. The normalized spacial score (nSPS) is 11.8. The van der Waals surface area contributed by atoms with E-state index in [9.17, 15) is 9.59 Å². The Balaban J connectivity index is 2.05. The summed E-state index contributed by atoms with van der Waals surface area (Å²) in [6, 6.07) is 14.3. The molecular formula is C25H29N3O4. The molecule has 3 aromatic rings. The molecule has 0 saturated heterocycles. The molecular weight excluding hydrogens is 406 g/mol. The van der Waals surface area contributed by atoms with Gasteiger partial charge in [0.2, 0.25) is 0 Å². The van der Waals surface area contributed by atoms with E-state index in [0.29, 0.717) is 17.1 Å². The molecule has 0 aliphatic heterocycles. The molecule has 32 heavy (non-hydrogen) atoms. The largest absolute Gasteiger partial charge is 0.465 e. The lowest BCUT2D eigenvalue weighted by Gasteiger charge is -2.45. The van der Waals surface area contributed by atoms with E-state index in [2.05, 4.69) is 10.3 Å². The summed E-state index contributed by atoms with van der Waals surface area (Å²) in [5.74, 6) is 1.10. The Bertz CT molecular complexity index is 1150. The number of ether oxygens (including phenoxy) is 1. The zero-order valence-electron chi connectivity index (χ0n) is 19.3. The number of nitrogens with zero attached hydrogens (tertiary/aromatic N) is 2. The van der Waals surface area contributed by atoms with Gasteiger partial charge in [-0.15, -0.1) is 0 Å². The lowest BCUT2D eigenvalue weighted by Crippen LogP contribution is -2.55. The molecule has 7 nitrogen and oxygen atoms in total. The lowest BCUT2D eigenvalue weighted by atomic mass is 9.93. The van der Waals surface area contributed by atoms with Crippen molar-refractivity contribution in [2.75, 3.05) is 5.32 Å². The average Bonchev–Trinajstić information content (AvgIpc) is 2.65. The van der Waals surface area contributed by atoms with E-state index in [-0.39, 0.29) is 22.8 Å². The number of amides is 2. The number of nitrogens with one attached hydrogen (secondary N) is 1. The minimum Gasteiger partial charge on any atom is -0.465 e. The first kappa shape index (κ1) is 23.1. The standard InChI is InChI=1S/C25H29N3O4/c1-24(2,3)28(25(4,5)6)22(29)19-11-12-20(18-10-8-7-9-17(18)19)32-16-13-14-26-21(15-16)27-23(30)31/h7-15H,1-6H3,(H,26,27)(H,30,31). The first-order valence-electron chi connectivity index (χ1n) is 10.4. The van der Waals surface area contributed by atoms with Gasteiger partial charge in [0.25, 0.3) is 5.91 Å². The van der Waals surface area contributed by atoms with E-state index in [1.807, 2.05) is 70.7 Å². The van der Waals surface area contributed by atoms with Crippen molar-refractivity contribution in [3.8, 4) is 11.5 Å². The topological polar surface area (TPSA) is 91.8 Å². The molecule has 0 unspecified atom stereocenters. The van der Waals surface area contributed by atoms with Crippen LogP contribution in [0.5, 0.6) is 11.5 Å². The minimum absolute atomic E-state index is 0.0513. The highest BCUT2D eigenvalue weighted by atomic mass is 16.5. The highest BCUT2D eigenvalue weighted by Gasteiger charge is 2.36. The summed E-state index contributed by atoms with van der Waals surface area (Å²) in [5, 5.41) is 12.7. The van der Waals surface area contributed by atoms with Crippen LogP contribution in [0.3, 0.4) is 0 Å². The summed E-state index contributed by atoms with van der Waals surface area (Å²) in [6.07, 6.45) is 0.260. The number of carboxylic acid groups (broad SMARTS) is 1. The van der Waals surface area contributed by atoms with Gasteiger partial charge in [0, 0.05) is 34.3 Å². The van der Waals surface area contributed by atoms with E-state index in [4.69, 9.17) is 9.84 Å². The second-order valence-corrected chi connectivity index (χ2v) is 9.55. The van der Waals surface area contributed by atoms with Gasteiger partial charge >= 0.3 is 6.09 Å². The zero-order valence-corrected chi connectivity index (χ0v) is 19.3. The molecule has 0 atom stereocenters. The number of carbonyl (C=O) groups is 2. The lowest BCUT2D eigenvalue weighted by molar-refractivity contribution is 0.0273. The Hall–Kier alpha value is -3.61. The molecule has 0 bridgehead atoms. The molecule has 0 aliphatic rings. The van der Waals surface area contributed by atoms with Gasteiger partial charge in [-0.1, -0.05) is 24.3 Å². The first-order valence-corrected chi connectivity index (χ1v) is 10.4. The molecule has 3 rings (SSSR count). The second kappa shape index (κ2) is 8.49. The maximum atomic E-state index is 13.7. The molecule has 0 aliphatic carbocycles. The Morgan fingerprint density at radius 1 is 0.938 bits per heavy atom. The van der Waals surface area contributed by atoms with Crippen molar-refractivity contribution in [3.63, 3.8) is 0 Å². The summed E-state index contributed by atoms with van der Waals surface area (Å²) < 4.78 is 6.05. The van der Waals surface area contributed by atoms with Gasteiger partial charge in [-0.2, -0.15) is 0 Å². The fraction of sp³-hybridized carbons (Fsp3) is 0.320.